The van der Waals surface area contributed by atoms with Crippen LogP contribution in [-0.4, -0.2) is 5.78 Å². The van der Waals surface area contributed by atoms with Gasteiger partial charge in [-0.2, -0.15) is 0 Å². The van der Waals surface area contributed by atoms with E-state index in [0.29, 0.717) is 11.3 Å². The summed E-state index contributed by atoms with van der Waals surface area (Å²) in [6.07, 6.45) is 4.73. The number of hydrogen-bond acceptors (Lipinski definition) is 2. The summed E-state index contributed by atoms with van der Waals surface area (Å²) in [6.45, 7) is 0. The summed E-state index contributed by atoms with van der Waals surface area (Å²) in [5, 5.41) is 0. The van der Waals surface area contributed by atoms with Crippen molar-refractivity contribution in [1.82, 2.24) is 0 Å². The summed E-state index contributed by atoms with van der Waals surface area (Å²) in [5.74, 6) is 0.634. The van der Waals surface area contributed by atoms with Crippen LogP contribution in [0.25, 0.3) is 6.08 Å². The smallest absolute Gasteiger partial charge is 0.185 e. The Bertz CT molecular complexity index is 495. The monoisotopic (exact) mass is 276 g/mol. The van der Waals surface area contributed by atoms with Gasteiger partial charge in [-0.1, -0.05) is 15.9 Å². The van der Waals surface area contributed by atoms with Crippen LogP contribution in [0.4, 0.5) is 0 Å². The van der Waals surface area contributed by atoms with Gasteiger partial charge in [0.15, 0.2) is 5.78 Å². The molecule has 2 nitrogen and oxygen atoms in total. The molecule has 0 radical (unpaired) electrons. The Hall–Kier alpha value is -1.61. The van der Waals surface area contributed by atoms with Gasteiger partial charge in [-0.25, -0.2) is 0 Å². The molecular formula is C13H9BrO2. The summed E-state index contributed by atoms with van der Waals surface area (Å²) in [5.41, 5.74) is 0.658. The standard InChI is InChI=1S/C13H9BrO2/c14-11-5-3-10(4-6-11)13(15)8-7-12-2-1-9-16-12/h1-9H. The minimum absolute atomic E-state index is 0.0381. The van der Waals surface area contributed by atoms with Gasteiger partial charge in [0.2, 0.25) is 0 Å². The Morgan fingerprint density at radius 3 is 2.56 bits per heavy atom. The predicted octanol–water partition coefficient (Wildman–Crippen LogP) is 3.94. The molecule has 0 unspecified atom stereocenters. The highest BCUT2D eigenvalue weighted by molar-refractivity contribution is 9.10. The van der Waals surface area contributed by atoms with Crippen molar-refractivity contribution in [3.05, 3.63) is 64.5 Å². The molecule has 0 bridgehead atoms. The Morgan fingerprint density at radius 1 is 1.19 bits per heavy atom. The maximum Gasteiger partial charge on any atom is 0.185 e. The lowest BCUT2D eigenvalue weighted by molar-refractivity contribution is 0.104. The number of benzene rings is 1. The predicted molar refractivity (Wildman–Crippen MR) is 66.2 cm³/mol. The molecule has 2 rings (SSSR count). The molecule has 0 atom stereocenters. The van der Waals surface area contributed by atoms with Crippen molar-refractivity contribution in [3.8, 4) is 0 Å². The Kier molecular flexibility index (Phi) is 3.37. The number of allylic oxidation sites excluding steroid dienone is 1. The SMILES string of the molecule is O=C(C=Cc1ccco1)c1ccc(Br)cc1. The second-order valence-corrected chi connectivity index (χ2v) is 4.14. The van der Waals surface area contributed by atoms with E-state index in [-0.39, 0.29) is 5.78 Å². The van der Waals surface area contributed by atoms with Crippen molar-refractivity contribution in [2.75, 3.05) is 0 Å². The van der Waals surface area contributed by atoms with Gasteiger partial charge in [0.1, 0.15) is 5.76 Å². The van der Waals surface area contributed by atoms with E-state index in [1.165, 1.54) is 6.08 Å². The Balaban J connectivity index is 2.11. The zero-order valence-corrected chi connectivity index (χ0v) is 9.98. The topological polar surface area (TPSA) is 30.2 Å². The van der Waals surface area contributed by atoms with Gasteiger partial charge in [-0.3, -0.25) is 4.79 Å². The zero-order chi connectivity index (χ0) is 11.4. The molecule has 0 N–H and O–H groups in total. The maximum atomic E-state index is 11.7. The highest BCUT2D eigenvalue weighted by Crippen LogP contribution is 2.12. The van der Waals surface area contributed by atoms with Crippen molar-refractivity contribution < 1.29 is 9.21 Å². The summed E-state index contributed by atoms with van der Waals surface area (Å²) >= 11 is 3.32. The van der Waals surface area contributed by atoms with E-state index in [9.17, 15) is 4.79 Å². The fraction of sp³-hybridized carbons (Fsp3) is 0. The minimum atomic E-state index is -0.0381. The molecule has 0 amide bonds. The van der Waals surface area contributed by atoms with Crippen molar-refractivity contribution in [1.29, 1.82) is 0 Å². The number of carbonyl (C=O) groups is 1. The van der Waals surface area contributed by atoms with Gasteiger partial charge in [-0.05, 0) is 48.6 Å². The molecule has 0 fully saturated rings. The van der Waals surface area contributed by atoms with Crippen molar-refractivity contribution in [2.24, 2.45) is 0 Å². The normalized spacial score (nSPS) is 10.8. The van der Waals surface area contributed by atoms with Crippen molar-refractivity contribution in [3.63, 3.8) is 0 Å². The van der Waals surface area contributed by atoms with Crippen molar-refractivity contribution in [2.45, 2.75) is 0 Å². The number of furan rings is 1. The molecule has 1 aromatic carbocycles. The second kappa shape index (κ2) is 4.94. The lowest BCUT2D eigenvalue weighted by Crippen LogP contribution is -1.92. The first-order valence-corrected chi connectivity index (χ1v) is 5.56. The summed E-state index contributed by atoms with van der Waals surface area (Å²) in [4.78, 5) is 11.7. The molecule has 0 aliphatic rings. The second-order valence-electron chi connectivity index (χ2n) is 3.22. The van der Waals surface area contributed by atoms with Crippen molar-refractivity contribution >= 4 is 27.8 Å². The maximum absolute atomic E-state index is 11.7. The third kappa shape index (κ3) is 2.70. The first-order chi connectivity index (χ1) is 7.75. The molecule has 0 saturated carbocycles. The van der Waals surface area contributed by atoms with Crippen LogP contribution in [0.15, 0.2) is 57.6 Å². The van der Waals surface area contributed by atoms with E-state index < -0.39 is 0 Å². The van der Waals surface area contributed by atoms with Gasteiger partial charge >= 0.3 is 0 Å². The van der Waals surface area contributed by atoms with Crippen LogP contribution >= 0.6 is 15.9 Å². The molecule has 1 heterocycles. The molecule has 0 aliphatic heterocycles. The van der Waals surface area contributed by atoms with Crippen LogP contribution in [-0.2, 0) is 0 Å². The summed E-state index contributed by atoms with van der Waals surface area (Å²) in [7, 11) is 0. The van der Waals surface area contributed by atoms with E-state index in [2.05, 4.69) is 15.9 Å². The fourth-order valence-electron chi connectivity index (χ4n) is 1.25. The Labute approximate surface area is 102 Å². The van der Waals surface area contributed by atoms with E-state index in [0.717, 1.165) is 4.47 Å². The van der Waals surface area contributed by atoms with Gasteiger partial charge in [0, 0.05) is 10.0 Å². The third-order valence-corrected chi connectivity index (χ3v) is 2.60. The fourth-order valence-corrected chi connectivity index (χ4v) is 1.52. The van der Waals surface area contributed by atoms with E-state index in [4.69, 9.17) is 4.42 Å². The van der Waals surface area contributed by atoms with E-state index >= 15 is 0 Å². The largest absolute Gasteiger partial charge is 0.465 e. The van der Waals surface area contributed by atoms with Crippen LogP contribution in [0, 0.1) is 0 Å². The van der Waals surface area contributed by atoms with Crippen LogP contribution < -0.4 is 0 Å². The molecular weight excluding hydrogens is 268 g/mol. The number of carbonyl (C=O) groups excluding carboxylic acids is 1. The van der Waals surface area contributed by atoms with Crippen LogP contribution in [0.2, 0.25) is 0 Å². The molecule has 80 valence electrons. The number of ketones is 1. The molecule has 2 aromatic rings. The lowest BCUT2D eigenvalue weighted by Gasteiger charge is -1.95. The van der Waals surface area contributed by atoms with Crippen LogP contribution in [0.3, 0.4) is 0 Å². The van der Waals surface area contributed by atoms with Gasteiger partial charge < -0.3 is 4.42 Å². The first-order valence-electron chi connectivity index (χ1n) is 4.77. The average molecular weight is 277 g/mol. The number of halogens is 1. The number of hydrogen-bond donors (Lipinski definition) is 0. The van der Waals surface area contributed by atoms with E-state index in [1.807, 2.05) is 12.1 Å². The summed E-state index contributed by atoms with van der Waals surface area (Å²) in [6, 6.07) is 10.8. The molecule has 0 spiro atoms. The first kappa shape index (κ1) is 10.9. The van der Waals surface area contributed by atoms with Gasteiger partial charge in [0.25, 0.3) is 0 Å². The zero-order valence-electron chi connectivity index (χ0n) is 8.39. The third-order valence-electron chi connectivity index (χ3n) is 2.07. The molecule has 3 heteroatoms. The molecule has 1 aromatic heterocycles. The minimum Gasteiger partial charge on any atom is -0.465 e. The number of rotatable bonds is 3. The average Bonchev–Trinajstić information content (AvgIpc) is 2.80. The highest BCUT2D eigenvalue weighted by atomic mass is 79.9. The van der Waals surface area contributed by atoms with Gasteiger partial charge in [-0.15, -0.1) is 0 Å². The molecule has 0 saturated heterocycles. The molecule has 16 heavy (non-hydrogen) atoms. The van der Waals surface area contributed by atoms with Gasteiger partial charge in [0.05, 0.1) is 6.26 Å². The lowest BCUT2D eigenvalue weighted by atomic mass is 10.1. The van der Waals surface area contributed by atoms with Crippen LogP contribution in [0.1, 0.15) is 16.1 Å². The summed E-state index contributed by atoms with van der Waals surface area (Å²) < 4.78 is 6.05. The quantitative estimate of drug-likeness (QED) is 0.628. The van der Waals surface area contributed by atoms with E-state index in [1.54, 1.807) is 36.6 Å². The molecule has 0 aliphatic carbocycles. The Morgan fingerprint density at radius 2 is 1.94 bits per heavy atom. The van der Waals surface area contributed by atoms with Crippen LogP contribution in [0.5, 0.6) is 0 Å². The highest BCUT2D eigenvalue weighted by Gasteiger charge is 2.00.